The van der Waals surface area contributed by atoms with Crippen LogP contribution < -0.4 is 0 Å². The van der Waals surface area contributed by atoms with Crippen molar-refractivity contribution in [2.75, 3.05) is 13.1 Å². The van der Waals surface area contributed by atoms with E-state index in [0.29, 0.717) is 5.92 Å². The molecule has 0 spiro atoms. The van der Waals surface area contributed by atoms with Gasteiger partial charge in [0, 0.05) is 25.2 Å². The summed E-state index contributed by atoms with van der Waals surface area (Å²) in [6, 6.07) is 14.0. The Labute approximate surface area is 123 Å². The first-order valence-electron chi connectivity index (χ1n) is 7.36. The number of pyridine rings is 1. The molecule has 1 atom stereocenters. The quantitative estimate of drug-likeness (QED) is 0.738. The Morgan fingerprint density at radius 3 is 2.90 bits per heavy atom. The van der Waals surface area contributed by atoms with Gasteiger partial charge in [0.2, 0.25) is 0 Å². The zero-order chi connectivity index (χ0) is 14.1. The molecule has 1 aliphatic heterocycles. The van der Waals surface area contributed by atoms with Gasteiger partial charge in [0.25, 0.3) is 0 Å². The molecule has 0 radical (unpaired) electrons. The molecular weight excluding hydrogens is 262 g/mol. The molecule has 4 heteroatoms. The summed E-state index contributed by atoms with van der Waals surface area (Å²) in [6.07, 6.45) is 2.95. The summed E-state index contributed by atoms with van der Waals surface area (Å²) in [6.45, 7) is 2.96. The lowest BCUT2D eigenvalue weighted by atomic mass is 10.1. The first kappa shape index (κ1) is 12.5. The molecule has 3 heterocycles. The molecule has 0 aliphatic carbocycles. The molecule has 1 fully saturated rings. The summed E-state index contributed by atoms with van der Waals surface area (Å²) < 4.78 is 5.90. The summed E-state index contributed by atoms with van der Waals surface area (Å²) >= 11 is 0. The smallest absolute Gasteiger partial charge is 0.199 e. The predicted molar refractivity (Wildman–Crippen MR) is 80.9 cm³/mol. The molecule has 0 bridgehead atoms. The number of para-hydroxylation sites is 2. The minimum Gasteiger partial charge on any atom is -0.440 e. The van der Waals surface area contributed by atoms with Crippen LogP contribution in [0.25, 0.3) is 11.1 Å². The fourth-order valence-electron chi connectivity index (χ4n) is 2.96. The number of rotatable bonds is 3. The molecule has 21 heavy (non-hydrogen) atoms. The Balaban J connectivity index is 1.48. The van der Waals surface area contributed by atoms with Crippen LogP contribution in [-0.4, -0.2) is 28.0 Å². The highest BCUT2D eigenvalue weighted by Crippen LogP contribution is 2.29. The number of hydrogen-bond donors (Lipinski definition) is 0. The molecule has 4 nitrogen and oxygen atoms in total. The fraction of sp³-hybridized carbons (Fsp3) is 0.294. The third-order valence-electron chi connectivity index (χ3n) is 4.04. The summed E-state index contributed by atoms with van der Waals surface area (Å²) in [4.78, 5) is 11.4. The van der Waals surface area contributed by atoms with Crippen LogP contribution in [0, 0.1) is 0 Å². The predicted octanol–water partition coefficient (Wildman–Crippen LogP) is 3.21. The summed E-state index contributed by atoms with van der Waals surface area (Å²) in [5.74, 6) is 1.26. The average molecular weight is 279 g/mol. The molecule has 3 aromatic rings. The van der Waals surface area contributed by atoms with Crippen LogP contribution in [0.2, 0.25) is 0 Å². The monoisotopic (exact) mass is 279 g/mol. The van der Waals surface area contributed by atoms with Gasteiger partial charge in [0.05, 0.1) is 5.69 Å². The molecule has 1 saturated heterocycles. The highest BCUT2D eigenvalue weighted by molar-refractivity contribution is 5.72. The Hall–Kier alpha value is -2.20. The summed E-state index contributed by atoms with van der Waals surface area (Å²) in [5, 5.41) is 0. The lowest BCUT2D eigenvalue weighted by molar-refractivity contribution is 0.317. The lowest BCUT2D eigenvalue weighted by Gasteiger charge is -2.14. The maximum absolute atomic E-state index is 5.90. The van der Waals surface area contributed by atoms with E-state index in [1.807, 2.05) is 42.6 Å². The van der Waals surface area contributed by atoms with Crippen LogP contribution in [0.3, 0.4) is 0 Å². The third-order valence-corrected chi connectivity index (χ3v) is 4.04. The fourth-order valence-corrected chi connectivity index (χ4v) is 2.96. The number of nitrogens with zero attached hydrogens (tertiary/aromatic N) is 3. The minimum absolute atomic E-state index is 0.390. The molecule has 0 N–H and O–H groups in total. The number of aromatic nitrogens is 2. The zero-order valence-corrected chi connectivity index (χ0v) is 11.8. The molecule has 1 aliphatic rings. The number of fused-ring (bicyclic) bond motifs is 1. The average Bonchev–Trinajstić information content (AvgIpc) is 3.14. The second kappa shape index (κ2) is 5.30. The van der Waals surface area contributed by atoms with Gasteiger partial charge in [0.1, 0.15) is 5.52 Å². The Morgan fingerprint density at radius 2 is 2.05 bits per heavy atom. The molecule has 0 amide bonds. The van der Waals surface area contributed by atoms with Crippen LogP contribution in [-0.2, 0) is 6.54 Å². The van der Waals surface area contributed by atoms with E-state index >= 15 is 0 Å². The highest BCUT2D eigenvalue weighted by Gasteiger charge is 2.27. The third kappa shape index (κ3) is 2.54. The SMILES string of the molecule is c1ccc(CN2CC[C@H](c3nc4ccccc4o3)C2)nc1. The minimum atomic E-state index is 0.390. The van der Waals surface area contributed by atoms with Gasteiger partial charge in [-0.15, -0.1) is 0 Å². The van der Waals surface area contributed by atoms with Gasteiger partial charge in [0.15, 0.2) is 11.5 Å². The van der Waals surface area contributed by atoms with Crippen LogP contribution >= 0.6 is 0 Å². The lowest BCUT2D eigenvalue weighted by Crippen LogP contribution is -2.20. The van der Waals surface area contributed by atoms with Crippen molar-refractivity contribution in [3.63, 3.8) is 0 Å². The van der Waals surface area contributed by atoms with E-state index in [-0.39, 0.29) is 0 Å². The molecule has 2 aromatic heterocycles. The van der Waals surface area contributed by atoms with Gasteiger partial charge in [-0.1, -0.05) is 18.2 Å². The van der Waals surface area contributed by atoms with Crippen LogP contribution in [0.4, 0.5) is 0 Å². The normalized spacial score (nSPS) is 19.3. The highest BCUT2D eigenvalue weighted by atomic mass is 16.3. The van der Waals surface area contributed by atoms with Gasteiger partial charge in [-0.3, -0.25) is 9.88 Å². The number of oxazole rings is 1. The van der Waals surface area contributed by atoms with Gasteiger partial charge >= 0.3 is 0 Å². The zero-order valence-electron chi connectivity index (χ0n) is 11.8. The summed E-state index contributed by atoms with van der Waals surface area (Å²) in [7, 11) is 0. The van der Waals surface area contributed by atoms with Gasteiger partial charge in [-0.2, -0.15) is 0 Å². The molecular formula is C17H17N3O. The largest absolute Gasteiger partial charge is 0.440 e. The Morgan fingerprint density at radius 1 is 1.14 bits per heavy atom. The Bertz CT molecular complexity index is 705. The molecule has 1 aromatic carbocycles. The van der Waals surface area contributed by atoms with Crippen LogP contribution in [0.1, 0.15) is 23.9 Å². The standard InChI is InChI=1S/C17H17N3O/c1-2-7-16-15(6-1)19-17(21-16)13-8-10-20(11-13)12-14-5-3-4-9-18-14/h1-7,9,13H,8,10-12H2/t13-/m0/s1. The van der Waals surface area contributed by atoms with Crippen molar-refractivity contribution in [3.8, 4) is 0 Å². The summed E-state index contributed by atoms with van der Waals surface area (Å²) in [5.41, 5.74) is 2.96. The Kier molecular flexibility index (Phi) is 3.16. The van der Waals surface area contributed by atoms with Crippen molar-refractivity contribution in [1.29, 1.82) is 0 Å². The van der Waals surface area contributed by atoms with Crippen molar-refractivity contribution in [3.05, 3.63) is 60.2 Å². The molecule has 0 unspecified atom stereocenters. The second-order valence-electron chi connectivity index (χ2n) is 5.56. The van der Waals surface area contributed by atoms with Crippen LogP contribution in [0.15, 0.2) is 53.1 Å². The van der Waals surface area contributed by atoms with E-state index in [9.17, 15) is 0 Å². The number of likely N-dealkylation sites (tertiary alicyclic amines) is 1. The van der Waals surface area contributed by atoms with E-state index in [1.54, 1.807) is 0 Å². The van der Waals surface area contributed by atoms with Crippen molar-refractivity contribution in [2.45, 2.75) is 18.9 Å². The van der Waals surface area contributed by atoms with Gasteiger partial charge < -0.3 is 4.42 Å². The van der Waals surface area contributed by atoms with Gasteiger partial charge in [-0.05, 0) is 37.2 Å². The van der Waals surface area contributed by atoms with E-state index in [0.717, 1.165) is 48.7 Å². The van der Waals surface area contributed by atoms with E-state index in [4.69, 9.17) is 4.42 Å². The van der Waals surface area contributed by atoms with Gasteiger partial charge in [-0.25, -0.2) is 4.98 Å². The van der Waals surface area contributed by atoms with E-state index in [2.05, 4.69) is 20.9 Å². The molecule has 4 rings (SSSR count). The van der Waals surface area contributed by atoms with Crippen molar-refractivity contribution < 1.29 is 4.42 Å². The van der Waals surface area contributed by atoms with Crippen molar-refractivity contribution in [1.82, 2.24) is 14.9 Å². The van der Waals surface area contributed by atoms with Crippen molar-refractivity contribution in [2.24, 2.45) is 0 Å². The van der Waals surface area contributed by atoms with E-state index < -0.39 is 0 Å². The molecule has 0 saturated carbocycles. The first-order chi connectivity index (χ1) is 10.4. The molecule has 106 valence electrons. The topological polar surface area (TPSA) is 42.2 Å². The second-order valence-corrected chi connectivity index (χ2v) is 5.56. The van der Waals surface area contributed by atoms with Crippen molar-refractivity contribution >= 4 is 11.1 Å². The van der Waals surface area contributed by atoms with E-state index in [1.165, 1.54) is 0 Å². The first-order valence-corrected chi connectivity index (χ1v) is 7.36. The number of benzene rings is 1. The maximum Gasteiger partial charge on any atom is 0.199 e. The maximum atomic E-state index is 5.90. The number of hydrogen-bond acceptors (Lipinski definition) is 4. The van der Waals surface area contributed by atoms with Crippen LogP contribution in [0.5, 0.6) is 0 Å².